The van der Waals surface area contributed by atoms with Gasteiger partial charge in [-0.25, -0.2) is 0 Å². The Kier molecular flexibility index (Phi) is 3.25. The summed E-state index contributed by atoms with van der Waals surface area (Å²) in [6.45, 7) is -0.486. The number of halogens is 1. The van der Waals surface area contributed by atoms with Crippen molar-refractivity contribution in [1.82, 2.24) is 4.98 Å². The number of aliphatic hydroxyl groups is 3. The summed E-state index contributed by atoms with van der Waals surface area (Å²) in [5, 5.41) is 28.1. The van der Waals surface area contributed by atoms with Gasteiger partial charge in [0.05, 0.1) is 6.61 Å². The van der Waals surface area contributed by atoms with E-state index < -0.39 is 42.5 Å². The second-order valence-corrected chi connectivity index (χ2v) is 3.85. The van der Waals surface area contributed by atoms with E-state index in [2.05, 4.69) is 0 Å². The van der Waals surface area contributed by atoms with Crippen LogP contribution in [-0.2, 0) is 4.74 Å². The molecule has 1 aromatic rings. The third kappa shape index (κ3) is 2.09. The Labute approximate surface area is 95.3 Å². The lowest BCUT2D eigenvalue weighted by molar-refractivity contribution is -0.0238. The second-order valence-electron chi connectivity index (χ2n) is 3.85. The van der Waals surface area contributed by atoms with Gasteiger partial charge in [-0.3, -0.25) is 9.78 Å². The van der Waals surface area contributed by atoms with E-state index in [9.17, 15) is 19.4 Å². The molecule has 0 aromatic carbocycles. The number of nitrogens with one attached hydrogen (secondary N) is 1. The number of hydrogen-bond donors (Lipinski definition) is 4. The first-order valence-electron chi connectivity index (χ1n) is 5.05. The SMILES string of the molecule is O=c1ccc([C@@H]2O[C@H](CO)C(O)[C@@H]2O)c(F)[nH]1. The molecule has 17 heavy (non-hydrogen) atoms. The molecular weight excluding hydrogens is 233 g/mol. The van der Waals surface area contributed by atoms with Crippen molar-refractivity contribution in [2.75, 3.05) is 6.61 Å². The van der Waals surface area contributed by atoms with Gasteiger partial charge < -0.3 is 20.1 Å². The highest BCUT2D eigenvalue weighted by molar-refractivity contribution is 5.18. The predicted molar refractivity (Wildman–Crippen MR) is 53.7 cm³/mol. The van der Waals surface area contributed by atoms with Gasteiger partial charge in [-0.1, -0.05) is 0 Å². The van der Waals surface area contributed by atoms with E-state index in [4.69, 9.17) is 9.84 Å². The van der Waals surface area contributed by atoms with Crippen LogP contribution in [0.5, 0.6) is 0 Å². The molecule has 0 amide bonds. The number of aliphatic hydroxyl groups excluding tert-OH is 3. The molecular formula is C10H12FNO5. The van der Waals surface area contributed by atoms with Crippen molar-refractivity contribution in [3.05, 3.63) is 34.0 Å². The molecule has 4 N–H and O–H groups in total. The molecule has 7 heteroatoms. The maximum Gasteiger partial charge on any atom is 0.250 e. The lowest BCUT2D eigenvalue weighted by Crippen LogP contribution is -2.32. The van der Waals surface area contributed by atoms with Crippen molar-refractivity contribution < 1.29 is 24.4 Å². The number of H-pyrrole nitrogens is 1. The third-order valence-corrected chi connectivity index (χ3v) is 2.75. The quantitative estimate of drug-likeness (QED) is 0.483. The predicted octanol–water partition coefficient (Wildman–Crippen LogP) is -1.33. The molecule has 0 saturated carbocycles. The average Bonchev–Trinajstić information content (AvgIpc) is 2.57. The van der Waals surface area contributed by atoms with E-state index in [0.717, 1.165) is 6.07 Å². The highest BCUT2D eigenvalue weighted by Crippen LogP contribution is 2.33. The van der Waals surface area contributed by atoms with Gasteiger partial charge in [0.25, 0.3) is 0 Å². The minimum Gasteiger partial charge on any atom is -0.394 e. The smallest absolute Gasteiger partial charge is 0.250 e. The summed E-state index contributed by atoms with van der Waals surface area (Å²) < 4.78 is 18.6. The van der Waals surface area contributed by atoms with Crippen LogP contribution in [0.2, 0.25) is 0 Å². The van der Waals surface area contributed by atoms with Gasteiger partial charge in [0.1, 0.15) is 24.4 Å². The fourth-order valence-electron chi connectivity index (χ4n) is 1.84. The fraction of sp³-hybridized carbons (Fsp3) is 0.500. The van der Waals surface area contributed by atoms with E-state index in [-0.39, 0.29) is 5.56 Å². The van der Waals surface area contributed by atoms with Crippen LogP contribution in [0.15, 0.2) is 16.9 Å². The van der Waals surface area contributed by atoms with Crippen LogP contribution in [0.1, 0.15) is 11.7 Å². The van der Waals surface area contributed by atoms with E-state index in [1.807, 2.05) is 4.98 Å². The van der Waals surface area contributed by atoms with Crippen LogP contribution in [0.3, 0.4) is 0 Å². The lowest BCUT2D eigenvalue weighted by atomic mass is 10.0. The van der Waals surface area contributed by atoms with E-state index >= 15 is 0 Å². The number of aromatic amines is 1. The maximum absolute atomic E-state index is 13.4. The summed E-state index contributed by atoms with van der Waals surface area (Å²) in [4.78, 5) is 12.8. The number of pyridine rings is 1. The molecule has 1 aromatic heterocycles. The molecule has 94 valence electrons. The summed E-state index contributed by atoms with van der Waals surface area (Å²) in [6, 6.07) is 2.27. The first kappa shape index (κ1) is 12.2. The monoisotopic (exact) mass is 245 g/mol. The zero-order valence-electron chi connectivity index (χ0n) is 8.71. The molecule has 1 fully saturated rings. The zero-order valence-corrected chi connectivity index (χ0v) is 8.71. The minimum atomic E-state index is -1.35. The Morgan fingerprint density at radius 2 is 2.06 bits per heavy atom. The number of ether oxygens (including phenoxy) is 1. The van der Waals surface area contributed by atoms with Gasteiger partial charge in [-0.2, -0.15) is 4.39 Å². The van der Waals surface area contributed by atoms with Crippen molar-refractivity contribution in [3.8, 4) is 0 Å². The Bertz CT molecular complexity index is 462. The van der Waals surface area contributed by atoms with Crippen LogP contribution < -0.4 is 5.56 Å². The van der Waals surface area contributed by atoms with Crippen LogP contribution in [0.4, 0.5) is 4.39 Å². The summed E-state index contributed by atoms with van der Waals surface area (Å²) >= 11 is 0. The van der Waals surface area contributed by atoms with Gasteiger partial charge in [0.2, 0.25) is 5.56 Å². The molecule has 0 bridgehead atoms. The van der Waals surface area contributed by atoms with Crippen LogP contribution >= 0.6 is 0 Å². The standard InChI is InChI=1S/C10H12FNO5/c11-10-4(1-2-6(14)12-10)9-8(16)7(15)5(3-13)17-9/h1-2,5,7-9,13,15-16H,3H2,(H,12,14)/t5-,7?,8+,9+/m1/s1. The van der Waals surface area contributed by atoms with Crippen molar-refractivity contribution in [3.63, 3.8) is 0 Å². The first-order valence-corrected chi connectivity index (χ1v) is 5.05. The second kappa shape index (κ2) is 4.53. The number of hydrogen-bond acceptors (Lipinski definition) is 5. The lowest BCUT2D eigenvalue weighted by Gasteiger charge is -2.14. The molecule has 1 aliphatic rings. The Balaban J connectivity index is 2.32. The molecule has 1 saturated heterocycles. The van der Waals surface area contributed by atoms with Crippen LogP contribution in [0.25, 0.3) is 0 Å². The van der Waals surface area contributed by atoms with Gasteiger partial charge in [-0.05, 0) is 6.07 Å². The molecule has 1 aliphatic heterocycles. The fourth-order valence-corrected chi connectivity index (χ4v) is 1.84. The Hall–Kier alpha value is -1.28. The molecule has 0 radical (unpaired) electrons. The zero-order chi connectivity index (χ0) is 12.6. The molecule has 2 rings (SSSR count). The summed E-state index contributed by atoms with van der Waals surface area (Å²) in [7, 11) is 0. The molecule has 0 aliphatic carbocycles. The normalized spacial score (nSPS) is 32.9. The molecule has 1 unspecified atom stereocenters. The van der Waals surface area contributed by atoms with Crippen molar-refractivity contribution in [2.45, 2.75) is 24.4 Å². The average molecular weight is 245 g/mol. The Morgan fingerprint density at radius 3 is 2.59 bits per heavy atom. The van der Waals surface area contributed by atoms with Crippen LogP contribution in [0, 0.1) is 5.95 Å². The highest BCUT2D eigenvalue weighted by atomic mass is 19.1. The summed E-state index contributed by atoms with van der Waals surface area (Å²) in [5.74, 6) is -0.924. The first-order chi connectivity index (χ1) is 8.04. The molecule has 4 atom stereocenters. The van der Waals surface area contributed by atoms with E-state index in [1.54, 1.807) is 0 Å². The Morgan fingerprint density at radius 1 is 1.35 bits per heavy atom. The minimum absolute atomic E-state index is 0.0629. The van der Waals surface area contributed by atoms with E-state index in [1.165, 1.54) is 6.07 Å². The van der Waals surface area contributed by atoms with Crippen LogP contribution in [-0.4, -0.2) is 45.2 Å². The van der Waals surface area contributed by atoms with Crippen molar-refractivity contribution in [1.29, 1.82) is 0 Å². The van der Waals surface area contributed by atoms with Gasteiger partial charge >= 0.3 is 0 Å². The maximum atomic E-state index is 13.4. The summed E-state index contributed by atoms with van der Waals surface area (Å²) in [5.41, 5.74) is -0.676. The largest absolute Gasteiger partial charge is 0.394 e. The third-order valence-electron chi connectivity index (χ3n) is 2.75. The van der Waals surface area contributed by atoms with E-state index in [0.29, 0.717) is 0 Å². The number of rotatable bonds is 2. The van der Waals surface area contributed by atoms with Crippen molar-refractivity contribution in [2.24, 2.45) is 0 Å². The van der Waals surface area contributed by atoms with Crippen molar-refractivity contribution >= 4 is 0 Å². The molecule has 2 heterocycles. The molecule has 6 nitrogen and oxygen atoms in total. The molecule has 0 spiro atoms. The topological polar surface area (TPSA) is 103 Å². The van der Waals surface area contributed by atoms with Gasteiger partial charge in [0.15, 0.2) is 5.95 Å². The summed E-state index contributed by atoms with van der Waals surface area (Å²) in [6.07, 6.45) is -4.73. The van der Waals surface area contributed by atoms with Gasteiger partial charge in [0, 0.05) is 11.6 Å². The number of aromatic nitrogens is 1. The van der Waals surface area contributed by atoms with Gasteiger partial charge in [-0.15, -0.1) is 0 Å². The highest BCUT2D eigenvalue weighted by Gasteiger charge is 2.44.